The molecule has 1 atom stereocenters. The van der Waals surface area contributed by atoms with Crippen molar-refractivity contribution >= 4 is 0 Å². The van der Waals surface area contributed by atoms with Crippen molar-refractivity contribution in [1.29, 1.82) is 0 Å². The van der Waals surface area contributed by atoms with Crippen LogP contribution in [-0.2, 0) is 0 Å². The number of rotatable bonds is 3. The van der Waals surface area contributed by atoms with Gasteiger partial charge in [-0.05, 0) is 31.0 Å². The molecule has 1 rings (SSSR count). The highest BCUT2D eigenvalue weighted by molar-refractivity contribution is 5.29. The van der Waals surface area contributed by atoms with Gasteiger partial charge >= 0.3 is 0 Å². The van der Waals surface area contributed by atoms with E-state index in [9.17, 15) is 0 Å². The van der Waals surface area contributed by atoms with E-state index >= 15 is 0 Å². The first kappa shape index (κ1) is 9.89. The zero-order valence-corrected chi connectivity index (χ0v) is 8.04. The minimum Gasteiger partial charge on any atom is -0.271 e. The Hall–Kier alpha value is -1.19. The molecule has 0 amide bonds. The molecule has 0 aliphatic rings. The molecule has 0 aliphatic carbocycles. The smallest absolute Gasteiger partial charge is 0.0655 e. The van der Waals surface area contributed by atoms with Gasteiger partial charge in [-0.1, -0.05) is 6.08 Å². The summed E-state index contributed by atoms with van der Waals surface area (Å²) < 4.78 is 0. The molecule has 0 aliphatic heterocycles. The molecule has 1 aromatic heterocycles. The van der Waals surface area contributed by atoms with Crippen LogP contribution in [-0.4, -0.2) is 4.98 Å². The molecular formula is C10H15N3. The number of pyridine rings is 1. The van der Waals surface area contributed by atoms with Crippen LogP contribution < -0.4 is 11.3 Å². The van der Waals surface area contributed by atoms with Crippen molar-refractivity contribution in [2.24, 2.45) is 5.84 Å². The lowest BCUT2D eigenvalue weighted by Gasteiger charge is -2.13. The van der Waals surface area contributed by atoms with Gasteiger partial charge in [0.25, 0.3) is 0 Å². The van der Waals surface area contributed by atoms with Crippen molar-refractivity contribution in [3.8, 4) is 0 Å². The Bertz CT molecular complexity index is 307. The standard InChI is InChI=1S/C10H15N3/c1-4-10(13-11)9-6-12-8(3)5-7(9)2/h4-6,10,13H,1,11H2,2-3H3. The second-order valence-electron chi connectivity index (χ2n) is 3.06. The molecule has 3 N–H and O–H groups in total. The van der Waals surface area contributed by atoms with Gasteiger partial charge in [0.1, 0.15) is 0 Å². The number of aromatic nitrogens is 1. The first-order valence-corrected chi connectivity index (χ1v) is 4.21. The number of nitrogens with zero attached hydrogens (tertiary/aromatic N) is 1. The quantitative estimate of drug-likeness (QED) is 0.417. The van der Waals surface area contributed by atoms with Gasteiger partial charge in [0.2, 0.25) is 0 Å². The molecular weight excluding hydrogens is 162 g/mol. The van der Waals surface area contributed by atoms with Crippen LogP contribution >= 0.6 is 0 Å². The summed E-state index contributed by atoms with van der Waals surface area (Å²) in [6.45, 7) is 7.71. The largest absolute Gasteiger partial charge is 0.271 e. The molecule has 1 aromatic rings. The number of nitrogens with one attached hydrogen (secondary N) is 1. The molecule has 0 aromatic carbocycles. The van der Waals surface area contributed by atoms with E-state index < -0.39 is 0 Å². The van der Waals surface area contributed by atoms with Gasteiger partial charge in [-0.2, -0.15) is 0 Å². The molecule has 3 nitrogen and oxygen atoms in total. The lowest BCUT2D eigenvalue weighted by Crippen LogP contribution is -2.27. The predicted molar refractivity (Wildman–Crippen MR) is 54.0 cm³/mol. The van der Waals surface area contributed by atoms with Crippen molar-refractivity contribution in [2.75, 3.05) is 0 Å². The lowest BCUT2D eigenvalue weighted by atomic mass is 10.0. The summed E-state index contributed by atoms with van der Waals surface area (Å²) in [4.78, 5) is 4.21. The highest BCUT2D eigenvalue weighted by Crippen LogP contribution is 2.16. The lowest BCUT2D eigenvalue weighted by molar-refractivity contribution is 0.650. The molecule has 1 heterocycles. The third kappa shape index (κ3) is 2.14. The SMILES string of the molecule is C=CC(NN)c1cnc(C)cc1C. The van der Waals surface area contributed by atoms with Gasteiger partial charge in [0.05, 0.1) is 6.04 Å². The van der Waals surface area contributed by atoms with Gasteiger partial charge in [-0.15, -0.1) is 6.58 Å². The van der Waals surface area contributed by atoms with E-state index in [1.54, 1.807) is 6.08 Å². The van der Waals surface area contributed by atoms with Crippen LogP contribution in [0.2, 0.25) is 0 Å². The summed E-state index contributed by atoms with van der Waals surface area (Å²) >= 11 is 0. The van der Waals surface area contributed by atoms with Crippen LogP contribution in [0.5, 0.6) is 0 Å². The van der Waals surface area contributed by atoms with Crippen LogP contribution in [0.15, 0.2) is 24.9 Å². The third-order valence-corrected chi connectivity index (χ3v) is 2.04. The maximum absolute atomic E-state index is 5.37. The fourth-order valence-corrected chi connectivity index (χ4v) is 1.32. The molecule has 0 saturated heterocycles. The van der Waals surface area contributed by atoms with Gasteiger partial charge in [0, 0.05) is 11.9 Å². The number of hydrazine groups is 1. The summed E-state index contributed by atoms with van der Waals surface area (Å²) in [5, 5.41) is 0. The fraction of sp³-hybridized carbons (Fsp3) is 0.300. The van der Waals surface area contributed by atoms with Crippen molar-refractivity contribution in [3.05, 3.63) is 41.7 Å². The van der Waals surface area contributed by atoms with Crippen LogP contribution in [0, 0.1) is 13.8 Å². The second-order valence-corrected chi connectivity index (χ2v) is 3.06. The molecule has 0 radical (unpaired) electrons. The van der Waals surface area contributed by atoms with E-state index in [4.69, 9.17) is 5.84 Å². The third-order valence-electron chi connectivity index (χ3n) is 2.04. The van der Waals surface area contributed by atoms with Gasteiger partial charge in [-0.3, -0.25) is 10.8 Å². The normalized spacial score (nSPS) is 12.5. The zero-order chi connectivity index (χ0) is 9.84. The Balaban J connectivity index is 3.06. The van der Waals surface area contributed by atoms with Crippen LogP contribution in [0.1, 0.15) is 22.9 Å². The molecule has 0 spiro atoms. The van der Waals surface area contributed by atoms with Gasteiger partial charge < -0.3 is 0 Å². The molecule has 1 unspecified atom stereocenters. The van der Waals surface area contributed by atoms with E-state index in [0.717, 1.165) is 11.3 Å². The highest BCUT2D eigenvalue weighted by atomic mass is 15.2. The summed E-state index contributed by atoms with van der Waals surface area (Å²) in [7, 11) is 0. The van der Waals surface area contributed by atoms with Crippen molar-refractivity contribution < 1.29 is 0 Å². The van der Waals surface area contributed by atoms with E-state index in [2.05, 4.69) is 17.0 Å². The topological polar surface area (TPSA) is 50.9 Å². The number of hydrogen-bond donors (Lipinski definition) is 2. The molecule has 0 bridgehead atoms. The van der Waals surface area contributed by atoms with Crippen LogP contribution in [0.4, 0.5) is 0 Å². The van der Waals surface area contributed by atoms with E-state index in [-0.39, 0.29) is 6.04 Å². The average Bonchev–Trinajstić information content (AvgIpc) is 2.10. The molecule has 13 heavy (non-hydrogen) atoms. The van der Waals surface area contributed by atoms with Crippen LogP contribution in [0.3, 0.4) is 0 Å². The van der Waals surface area contributed by atoms with Gasteiger partial charge in [0.15, 0.2) is 0 Å². The Morgan fingerprint density at radius 2 is 2.31 bits per heavy atom. The average molecular weight is 177 g/mol. The summed E-state index contributed by atoms with van der Waals surface area (Å²) in [6, 6.07) is 2.01. The summed E-state index contributed by atoms with van der Waals surface area (Å²) in [5.74, 6) is 5.37. The Morgan fingerprint density at radius 1 is 1.62 bits per heavy atom. The fourth-order valence-electron chi connectivity index (χ4n) is 1.32. The van der Waals surface area contributed by atoms with Crippen molar-refractivity contribution in [2.45, 2.75) is 19.9 Å². The predicted octanol–water partition coefficient (Wildman–Crippen LogP) is 1.39. The first-order chi connectivity index (χ1) is 6.19. The Labute approximate surface area is 78.6 Å². The molecule has 0 fully saturated rings. The van der Waals surface area contributed by atoms with Gasteiger partial charge in [-0.25, -0.2) is 5.43 Å². The monoisotopic (exact) mass is 177 g/mol. The zero-order valence-electron chi connectivity index (χ0n) is 8.04. The van der Waals surface area contributed by atoms with Crippen molar-refractivity contribution in [3.63, 3.8) is 0 Å². The molecule has 70 valence electrons. The Morgan fingerprint density at radius 3 is 2.77 bits per heavy atom. The Kier molecular flexibility index (Phi) is 3.17. The summed E-state index contributed by atoms with van der Waals surface area (Å²) in [6.07, 6.45) is 3.59. The van der Waals surface area contributed by atoms with Crippen molar-refractivity contribution in [1.82, 2.24) is 10.4 Å². The minimum atomic E-state index is -0.0203. The van der Waals surface area contributed by atoms with Crippen LogP contribution in [0.25, 0.3) is 0 Å². The van der Waals surface area contributed by atoms with E-state index in [1.807, 2.05) is 26.1 Å². The maximum atomic E-state index is 5.37. The first-order valence-electron chi connectivity index (χ1n) is 4.21. The van der Waals surface area contributed by atoms with E-state index in [1.165, 1.54) is 5.56 Å². The minimum absolute atomic E-state index is 0.0203. The second kappa shape index (κ2) is 4.16. The molecule has 3 heteroatoms. The molecule has 0 saturated carbocycles. The van der Waals surface area contributed by atoms with E-state index in [0.29, 0.717) is 0 Å². The number of nitrogens with two attached hydrogens (primary N) is 1. The maximum Gasteiger partial charge on any atom is 0.0655 e. The number of aryl methyl sites for hydroxylation is 2. The summed E-state index contributed by atoms with van der Waals surface area (Å²) in [5.41, 5.74) is 5.93. The number of hydrogen-bond acceptors (Lipinski definition) is 3. The highest BCUT2D eigenvalue weighted by Gasteiger charge is 2.07.